The molecule has 13 heteroatoms. The molecule has 2 atom stereocenters. The van der Waals surface area contributed by atoms with E-state index < -0.39 is 17.3 Å². The standard InChI is InChI=1S/C25H31F2N9O2/c1-5-6-14-9-17(26)19(12-20(14)36-24(38)34(4)32-33-36)30-23-28-13-18(27)22(31-23)29-15-10-16-7-8-25(2,3)35(16)21(37)11-15/h9,12-13,15-16H,5-8,10-11H2,1-4H3,(H2,28,29,30,31). The zero-order chi connectivity index (χ0) is 27.2. The summed E-state index contributed by atoms with van der Waals surface area (Å²) < 4.78 is 31.9. The molecular formula is C25H31F2N9O2. The number of halogens is 2. The number of rotatable bonds is 7. The van der Waals surface area contributed by atoms with Crippen molar-refractivity contribution in [1.82, 2.24) is 34.7 Å². The largest absolute Gasteiger partial charge is 0.368 e. The monoisotopic (exact) mass is 527 g/mol. The van der Waals surface area contributed by atoms with Crippen LogP contribution in [0.1, 0.15) is 58.4 Å². The molecule has 2 aromatic heterocycles. The second-order valence-electron chi connectivity index (χ2n) is 10.6. The molecule has 202 valence electrons. The topological polar surface area (TPSA) is 123 Å². The van der Waals surface area contributed by atoms with Crippen molar-refractivity contribution in [1.29, 1.82) is 0 Å². The van der Waals surface area contributed by atoms with E-state index in [1.807, 2.05) is 11.8 Å². The molecule has 2 fully saturated rings. The number of aryl methyl sites for hydroxylation is 2. The summed E-state index contributed by atoms with van der Waals surface area (Å²) in [6.45, 7) is 6.08. The summed E-state index contributed by atoms with van der Waals surface area (Å²) in [5.74, 6) is -1.34. The Morgan fingerprint density at radius 1 is 1.16 bits per heavy atom. The maximum Gasteiger partial charge on any atom is 0.368 e. The van der Waals surface area contributed by atoms with Gasteiger partial charge in [0.1, 0.15) is 5.82 Å². The highest BCUT2D eigenvalue weighted by atomic mass is 19.1. The van der Waals surface area contributed by atoms with Crippen LogP contribution in [0.4, 0.5) is 26.2 Å². The van der Waals surface area contributed by atoms with Crippen molar-refractivity contribution in [2.45, 2.75) is 76.9 Å². The molecule has 0 aliphatic carbocycles. The Balaban J connectivity index is 1.39. The van der Waals surface area contributed by atoms with Crippen molar-refractivity contribution in [2.24, 2.45) is 7.05 Å². The molecule has 3 aromatic rings. The minimum Gasteiger partial charge on any atom is -0.364 e. The van der Waals surface area contributed by atoms with E-state index >= 15 is 4.39 Å². The van der Waals surface area contributed by atoms with Gasteiger partial charge in [0, 0.05) is 31.1 Å². The van der Waals surface area contributed by atoms with Crippen LogP contribution in [0.25, 0.3) is 5.69 Å². The van der Waals surface area contributed by atoms with Crippen LogP contribution >= 0.6 is 0 Å². The van der Waals surface area contributed by atoms with Gasteiger partial charge >= 0.3 is 5.69 Å². The zero-order valence-corrected chi connectivity index (χ0v) is 21.8. The number of benzene rings is 1. The van der Waals surface area contributed by atoms with Gasteiger partial charge < -0.3 is 15.5 Å². The van der Waals surface area contributed by atoms with Crippen molar-refractivity contribution >= 4 is 23.4 Å². The predicted molar refractivity (Wildman–Crippen MR) is 136 cm³/mol. The first-order chi connectivity index (χ1) is 18.1. The smallest absolute Gasteiger partial charge is 0.364 e. The van der Waals surface area contributed by atoms with Crippen LogP contribution in [-0.4, -0.2) is 58.2 Å². The molecule has 5 rings (SSSR count). The van der Waals surface area contributed by atoms with Crippen LogP contribution in [-0.2, 0) is 18.3 Å². The third kappa shape index (κ3) is 4.72. The number of carbonyl (C=O) groups is 1. The molecule has 0 bridgehead atoms. The maximum absolute atomic E-state index is 15.1. The number of anilines is 3. The van der Waals surface area contributed by atoms with Gasteiger partial charge in [-0.2, -0.15) is 14.3 Å². The molecule has 1 aromatic carbocycles. The predicted octanol–water partition coefficient (Wildman–Crippen LogP) is 3.07. The van der Waals surface area contributed by atoms with Gasteiger partial charge in [-0.1, -0.05) is 13.3 Å². The highest BCUT2D eigenvalue weighted by molar-refractivity contribution is 5.80. The maximum atomic E-state index is 15.1. The van der Waals surface area contributed by atoms with Gasteiger partial charge in [-0.3, -0.25) is 4.79 Å². The second-order valence-corrected chi connectivity index (χ2v) is 10.6. The number of hydrogen-bond acceptors (Lipinski definition) is 8. The van der Waals surface area contributed by atoms with Crippen molar-refractivity contribution in [3.05, 3.63) is 46.0 Å². The van der Waals surface area contributed by atoms with Gasteiger partial charge in [0.05, 0.1) is 17.6 Å². The second kappa shape index (κ2) is 9.76. The fourth-order valence-corrected chi connectivity index (χ4v) is 5.53. The lowest BCUT2D eigenvalue weighted by atomic mass is 9.96. The van der Waals surface area contributed by atoms with E-state index in [9.17, 15) is 14.0 Å². The Hall–Kier alpha value is -3.90. The van der Waals surface area contributed by atoms with Gasteiger partial charge in [0.25, 0.3) is 0 Å². The lowest BCUT2D eigenvalue weighted by molar-refractivity contribution is -0.139. The van der Waals surface area contributed by atoms with Gasteiger partial charge in [-0.05, 0) is 67.7 Å². The Kier molecular flexibility index (Phi) is 6.61. The van der Waals surface area contributed by atoms with Gasteiger partial charge in [0.15, 0.2) is 11.6 Å². The molecule has 0 spiro atoms. The number of carbonyl (C=O) groups excluding carboxylic acids is 1. The minimum atomic E-state index is -0.678. The van der Waals surface area contributed by atoms with E-state index in [-0.39, 0.29) is 47.4 Å². The fraction of sp³-hybridized carbons (Fsp3) is 0.520. The van der Waals surface area contributed by atoms with Crippen LogP contribution in [0.2, 0.25) is 0 Å². The molecule has 11 nitrogen and oxygen atoms in total. The number of amides is 1. The third-order valence-electron chi connectivity index (χ3n) is 7.32. The van der Waals surface area contributed by atoms with Crippen molar-refractivity contribution in [2.75, 3.05) is 10.6 Å². The number of fused-ring (bicyclic) bond motifs is 1. The summed E-state index contributed by atoms with van der Waals surface area (Å²) in [5, 5.41) is 13.5. The highest BCUT2D eigenvalue weighted by Crippen LogP contribution is 2.39. The average molecular weight is 528 g/mol. The van der Waals surface area contributed by atoms with Crippen molar-refractivity contribution < 1.29 is 13.6 Å². The van der Waals surface area contributed by atoms with Gasteiger partial charge in [0.2, 0.25) is 11.9 Å². The number of hydrogen-bond donors (Lipinski definition) is 2. The zero-order valence-electron chi connectivity index (χ0n) is 21.8. The van der Waals surface area contributed by atoms with E-state index in [4.69, 9.17) is 0 Å². The minimum absolute atomic E-state index is 0.00774. The van der Waals surface area contributed by atoms with Crippen LogP contribution < -0.4 is 16.3 Å². The first-order valence-corrected chi connectivity index (χ1v) is 12.8. The fourth-order valence-electron chi connectivity index (χ4n) is 5.53. The van der Waals surface area contributed by atoms with E-state index in [1.54, 1.807) is 0 Å². The number of nitrogens with zero attached hydrogens (tertiary/aromatic N) is 7. The molecule has 0 radical (unpaired) electrons. The Morgan fingerprint density at radius 3 is 2.66 bits per heavy atom. The lowest BCUT2D eigenvalue weighted by Crippen LogP contribution is -2.53. The number of tetrazole rings is 1. The van der Waals surface area contributed by atoms with E-state index in [1.165, 1.54) is 19.2 Å². The summed E-state index contributed by atoms with van der Waals surface area (Å²) in [5.41, 5.74) is 0.309. The van der Waals surface area contributed by atoms with E-state index in [0.717, 1.165) is 34.8 Å². The average Bonchev–Trinajstić information content (AvgIpc) is 3.35. The Labute approximate surface area is 218 Å². The number of aromatic nitrogens is 6. The van der Waals surface area contributed by atoms with Crippen LogP contribution in [0.3, 0.4) is 0 Å². The molecule has 1 amide bonds. The highest BCUT2D eigenvalue weighted by Gasteiger charge is 2.46. The van der Waals surface area contributed by atoms with E-state index in [0.29, 0.717) is 24.1 Å². The molecule has 0 saturated carbocycles. The molecule has 2 N–H and O–H groups in total. The summed E-state index contributed by atoms with van der Waals surface area (Å²) in [6, 6.07) is 2.58. The quantitative estimate of drug-likeness (QED) is 0.481. The summed E-state index contributed by atoms with van der Waals surface area (Å²) in [6.07, 6.45) is 4.99. The first kappa shape index (κ1) is 25.7. The molecule has 2 aliphatic heterocycles. The Bertz CT molecular complexity index is 1430. The summed E-state index contributed by atoms with van der Waals surface area (Å²) in [4.78, 5) is 35.4. The third-order valence-corrected chi connectivity index (χ3v) is 7.32. The van der Waals surface area contributed by atoms with E-state index in [2.05, 4.69) is 44.9 Å². The van der Waals surface area contributed by atoms with Crippen LogP contribution in [0.15, 0.2) is 23.1 Å². The van der Waals surface area contributed by atoms with Gasteiger partial charge in [-0.15, -0.1) is 0 Å². The van der Waals surface area contributed by atoms with Crippen LogP contribution in [0.5, 0.6) is 0 Å². The number of nitrogens with one attached hydrogen (secondary N) is 2. The summed E-state index contributed by atoms with van der Waals surface area (Å²) in [7, 11) is 1.47. The summed E-state index contributed by atoms with van der Waals surface area (Å²) >= 11 is 0. The molecule has 2 saturated heterocycles. The molecule has 2 unspecified atom stereocenters. The molecule has 38 heavy (non-hydrogen) atoms. The SMILES string of the molecule is CCCc1cc(F)c(Nc2ncc(F)c(NC3CC(=O)N4C(CCC4(C)C)C3)n2)cc1-n1nnn(C)c1=O. The Morgan fingerprint density at radius 2 is 1.95 bits per heavy atom. The van der Waals surface area contributed by atoms with Gasteiger partial charge in [-0.25, -0.2) is 18.6 Å². The lowest BCUT2D eigenvalue weighted by Gasteiger charge is -2.42. The molecule has 2 aliphatic rings. The molecule has 4 heterocycles. The normalized spacial score (nSPS) is 20.5. The van der Waals surface area contributed by atoms with Crippen molar-refractivity contribution in [3.8, 4) is 5.69 Å². The van der Waals surface area contributed by atoms with Crippen molar-refractivity contribution in [3.63, 3.8) is 0 Å². The molecular weight excluding hydrogens is 496 g/mol. The first-order valence-electron chi connectivity index (χ1n) is 12.8. The van der Waals surface area contributed by atoms with Crippen LogP contribution in [0, 0.1) is 11.6 Å². The number of piperidine rings is 1.